The molecule has 7 nitrogen and oxygen atoms in total. The lowest BCUT2D eigenvalue weighted by Gasteiger charge is -2.46. The lowest BCUT2D eigenvalue weighted by Crippen LogP contribution is -3.20. The Kier molecular flexibility index (Phi) is 4.07. The van der Waals surface area contributed by atoms with Gasteiger partial charge in [-0.15, -0.1) is 5.10 Å². The number of carbonyl (C=O) groups excluding carboxylic acids is 1. The predicted molar refractivity (Wildman–Crippen MR) is 82.7 cm³/mol. The number of hydrogen-bond donors (Lipinski definition) is 3. The highest BCUT2D eigenvalue weighted by Crippen LogP contribution is 2.29. The zero-order chi connectivity index (χ0) is 15.8. The van der Waals surface area contributed by atoms with Gasteiger partial charge in [0.1, 0.15) is 6.04 Å². The van der Waals surface area contributed by atoms with Crippen molar-refractivity contribution in [3.8, 4) is 0 Å². The first-order valence-corrected chi connectivity index (χ1v) is 8.87. The van der Waals surface area contributed by atoms with Gasteiger partial charge in [0.2, 0.25) is 5.91 Å². The van der Waals surface area contributed by atoms with Crippen LogP contribution in [0, 0.1) is 11.8 Å². The molecule has 4 heterocycles. The third kappa shape index (κ3) is 3.26. The average Bonchev–Trinajstić information content (AvgIpc) is 3.27. The van der Waals surface area contributed by atoms with Crippen LogP contribution < -0.4 is 10.2 Å². The van der Waals surface area contributed by atoms with Crippen LogP contribution in [0.4, 0.5) is 0 Å². The maximum atomic E-state index is 12.4. The molecule has 5 rings (SSSR count). The predicted octanol–water partition coefficient (Wildman–Crippen LogP) is -1.62. The molecule has 4 aliphatic rings. The monoisotopic (exact) mass is 320 g/mol. The number of aromatic nitrogens is 3. The molecule has 2 bridgehead atoms. The summed E-state index contributed by atoms with van der Waals surface area (Å²) in [6.07, 6.45) is 7.09. The van der Waals surface area contributed by atoms with Crippen molar-refractivity contribution in [1.29, 1.82) is 0 Å². The van der Waals surface area contributed by atoms with Gasteiger partial charge in [-0.3, -0.25) is 4.79 Å². The van der Waals surface area contributed by atoms with Crippen molar-refractivity contribution in [1.82, 2.24) is 20.3 Å². The van der Waals surface area contributed by atoms with Crippen LogP contribution in [-0.2, 0) is 17.8 Å². The van der Waals surface area contributed by atoms with Gasteiger partial charge in [0.15, 0.2) is 0 Å². The minimum absolute atomic E-state index is 0.110. The second-order valence-corrected chi connectivity index (χ2v) is 7.39. The minimum atomic E-state index is 0.110. The van der Waals surface area contributed by atoms with E-state index in [1.807, 2.05) is 10.9 Å². The molecule has 1 aromatic heterocycles. The standard InChI is InChI=1S/C16H25N5O2/c22-6-4-13-8-21(19-18-13)9-14-7-11-3-5-20(14)10-15(11)16(23)17-12-1-2-12/h8,11-12,14-15,22H,1-7,9-10H2,(H,17,23)/p+1/t11-,14+,15-/m0/s1. The van der Waals surface area contributed by atoms with Crippen LogP contribution in [0.5, 0.6) is 0 Å². The summed E-state index contributed by atoms with van der Waals surface area (Å²) in [6.45, 7) is 3.10. The quantitative estimate of drug-likeness (QED) is 0.588. The fourth-order valence-electron chi connectivity index (χ4n) is 4.24. The molecular weight excluding hydrogens is 294 g/mol. The van der Waals surface area contributed by atoms with E-state index in [1.165, 1.54) is 13.0 Å². The third-order valence-electron chi connectivity index (χ3n) is 5.67. The maximum Gasteiger partial charge on any atom is 0.229 e. The molecule has 0 spiro atoms. The molecular formula is C16H26N5O2+. The van der Waals surface area contributed by atoms with Crippen LogP contribution in [0.2, 0.25) is 0 Å². The zero-order valence-corrected chi connectivity index (χ0v) is 13.4. The van der Waals surface area contributed by atoms with Crippen LogP contribution in [0.3, 0.4) is 0 Å². The highest BCUT2D eigenvalue weighted by atomic mass is 16.3. The summed E-state index contributed by atoms with van der Waals surface area (Å²) >= 11 is 0. The van der Waals surface area contributed by atoms with E-state index >= 15 is 0 Å². The topological polar surface area (TPSA) is 84.5 Å². The van der Waals surface area contributed by atoms with Crippen molar-refractivity contribution in [2.45, 2.75) is 50.7 Å². The van der Waals surface area contributed by atoms with Crippen molar-refractivity contribution >= 4 is 5.91 Å². The van der Waals surface area contributed by atoms with Crippen molar-refractivity contribution < 1.29 is 14.8 Å². The molecule has 1 amide bonds. The van der Waals surface area contributed by atoms with Gasteiger partial charge in [-0.1, -0.05) is 5.21 Å². The number of aliphatic hydroxyl groups is 1. The van der Waals surface area contributed by atoms with E-state index in [2.05, 4.69) is 15.6 Å². The van der Waals surface area contributed by atoms with Crippen molar-refractivity contribution in [3.63, 3.8) is 0 Å². The van der Waals surface area contributed by atoms with Crippen molar-refractivity contribution in [2.75, 3.05) is 19.7 Å². The molecule has 1 aromatic rings. The molecule has 3 N–H and O–H groups in total. The second-order valence-electron chi connectivity index (χ2n) is 7.39. The number of quaternary nitrogens is 1. The highest BCUT2D eigenvalue weighted by Gasteiger charge is 2.47. The second kappa shape index (κ2) is 6.20. The number of nitrogens with one attached hydrogen (secondary N) is 2. The van der Waals surface area contributed by atoms with Crippen LogP contribution in [0.1, 0.15) is 31.4 Å². The first kappa shape index (κ1) is 15.1. The Morgan fingerprint density at radius 1 is 1.43 bits per heavy atom. The molecule has 4 atom stereocenters. The number of aliphatic hydroxyl groups excluding tert-OH is 1. The zero-order valence-electron chi connectivity index (χ0n) is 13.4. The number of piperidine rings is 3. The molecule has 0 aromatic carbocycles. The van der Waals surface area contributed by atoms with E-state index in [1.54, 1.807) is 4.90 Å². The summed E-state index contributed by atoms with van der Waals surface area (Å²) in [5, 5.41) is 20.4. The van der Waals surface area contributed by atoms with Gasteiger partial charge in [-0.2, -0.15) is 0 Å². The Hall–Kier alpha value is -1.47. The lowest BCUT2D eigenvalue weighted by atomic mass is 9.75. The van der Waals surface area contributed by atoms with Gasteiger partial charge in [0, 0.05) is 38.1 Å². The smallest absolute Gasteiger partial charge is 0.229 e. The van der Waals surface area contributed by atoms with E-state index in [9.17, 15) is 4.79 Å². The summed E-state index contributed by atoms with van der Waals surface area (Å²) in [5.41, 5.74) is 0.847. The fraction of sp³-hybridized carbons (Fsp3) is 0.812. The molecule has 1 saturated carbocycles. The molecule has 3 saturated heterocycles. The Morgan fingerprint density at radius 2 is 2.30 bits per heavy atom. The van der Waals surface area contributed by atoms with E-state index < -0.39 is 0 Å². The van der Waals surface area contributed by atoms with Gasteiger partial charge in [-0.25, -0.2) is 4.68 Å². The lowest BCUT2D eigenvalue weighted by molar-refractivity contribution is -0.945. The maximum absolute atomic E-state index is 12.4. The summed E-state index contributed by atoms with van der Waals surface area (Å²) in [7, 11) is 0. The molecule has 126 valence electrons. The first-order valence-electron chi connectivity index (χ1n) is 8.87. The van der Waals surface area contributed by atoms with Crippen LogP contribution in [-0.4, -0.2) is 57.8 Å². The van der Waals surface area contributed by atoms with Crippen LogP contribution in [0.25, 0.3) is 0 Å². The average molecular weight is 320 g/mol. The highest BCUT2D eigenvalue weighted by molar-refractivity contribution is 5.79. The number of fused-ring (bicyclic) bond motifs is 3. The van der Waals surface area contributed by atoms with E-state index in [0.717, 1.165) is 38.0 Å². The molecule has 0 radical (unpaired) electrons. The Labute approximate surface area is 136 Å². The molecule has 3 aliphatic heterocycles. The largest absolute Gasteiger partial charge is 0.396 e. The number of hydrogen-bond acceptors (Lipinski definition) is 4. The third-order valence-corrected chi connectivity index (χ3v) is 5.67. The van der Waals surface area contributed by atoms with E-state index in [-0.39, 0.29) is 12.5 Å². The summed E-state index contributed by atoms with van der Waals surface area (Å²) in [4.78, 5) is 13.9. The van der Waals surface area contributed by atoms with Gasteiger partial charge in [-0.05, 0) is 18.8 Å². The normalized spacial score (nSPS) is 32.9. The minimum Gasteiger partial charge on any atom is -0.396 e. The SMILES string of the molecule is O=C(NC1CC1)[C@H]1C[NH+]2CC[C@H]1C[C@@H]2Cn1cc(CCO)nn1. The Bertz CT molecular complexity index is 571. The fourth-order valence-corrected chi connectivity index (χ4v) is 4.24. The van der Waals surface area contributed by atoms with Gasteiger partial charge >= 0.3 is 0 Å². The summed E-state index contributed by atoms with van der Waals surface area (Å²) in [5.74, 6) is 1.02. The van der Waals surface area contributed by atoms with E-state index in [4.69, 9.17) is 5.11 Å². The molecule has 1 aliphatic carbocycles. The number of carbonyl (C=O) groups is 1. The Morgan fingerprint density at radius 3 is 3.00 bits per heavy atom. The van der Waals surface area contributed by atoms with Crippen LogP contribution >= 0.6 is 0 Å². The Balaban J connectivity index is 1.36. The van der Waals surface area contributed by atoms with Crippen LogP contribution in [0.15, 0.2) is 6.20 Å². The number of nitrogens with zero attached hydrogens (tertiary/aromatic N) is 3. The molecule has 7 heteroatoms. The molecule has 4 fully saturated rings. The van der Waals surface area contributed by atoms with E-state index in [0.29, 0.717) is 30.3 Å². The van der Waals surface area contributed by atoms with Gasteiger partial charge in [0.05, 0.1) is 31.2 Å². The first-order chi connectivity index (χ1) is 11.2. The van der Waals surface area contributed by atoms with Crippen molar-refractivity contribution in [2.24, 2.45) is 11.8 Å². The van der Waals surface area contributed by atoms with Gasteiger partial charge in [0.25, 0.3) is 0 Å². The van der Waals surface area contributed by atoms with Gasteiger partial charge < -0.3 is 15.3 Å². The number of amides is 1. The number of rotatable bonds is 6. The molecule has 23 heavy (non-hydrogen) atoms. The molecule has 1 unspecified atom stereocenters. The van der Waals surface area contributed by atoms with Crippen molar-refractivity contribution in [3.05, 3.63) is 11.9 Å². The summed E-state index contributed by atoms with van der Waals surface area (Å²) < 4.78 is 1.91. The summed E-state index contributed by atoms with van der Waals surface area (Å²) in [6, 6.07) is 0.992.